The van der Waals surface area contributed by atoms with Gasteiger partial charge in [0.05, 0.1) is 17.3 Å². The van der Waals surface area contributed by atoms with Crippen molar-refractivity contribution in [2.75, 3.05) is 5.32 Å². The van der Waals surface area contributed by atoms with Crippen LogP contribution in [0.25, 0.3) is 22.5 Å². The number of nitrogens with one attached hydrogen (secondary N) is 2. The van der Waals surface area contributed by atoms with Gasteiger partial charge in [0.2, 0.25) is 5.95 Å². The van der Waals surface area contributed by atoms with Crippen molar-refractivity contribution >= 4 is 22.4 Å². The van der Waals surface area contributed by atoms with E-state index in [1.54, 1.807) is 30.7 Å². The Morgan fingerprint density at radius 2 is 2.04 bits per heavy atom. The van der Waals surface area contributed by atoms with Crippen molar-refractivity contribution in [3.05, 3.63) is 59.9 Å². The lowest BCUT2D eigenvalue weighted by Crippen LogP contribution is -1.94. The average molecular weight is 345 g/mol. The smallest absolute Gasteiger partial charge is 0.228 e. The minimum atomic E-state index is 0.498. The van der Waals surface area contributed by atoms with E-state index in [-0.39, 0.29) is 0 Å². The summed E-state index contributed by atoms with van der Waals surface area (Å²) in [6, 6.07) is 11.2. The number of nitriles is 1. The fourth-order valence-electron chi connectivity index (χ4n) is 2.36. The highest BCUT2D eigenvalue weighted by molar-refractivity contribution is 7.14. The lowest BCUT2D eigenvalue weighted by atomic mass is 10.0. The van der Waals surface area contributed by atoms with Crippen LogP contribution in [0.5, 0.6) is 0 Å². The number of H-pyrrole nitrogens is 1. The Balaban J connectivity index is 1.66. The molecule has 0 spiro atoms. The van der Waals surface area contributed by atoms with Gasteiger partial charge >= 0.3 is 0 Å². The minimum absolute atomic E-state index is 0.498. The SMILES string of the molecule is N#Cc1cccc(-c2n[nH]cc2-c2csc(Nc3ncccn3)n2)c1. The van der Waals surface area contributed by atoms with Crippen molar-refractivity contribution in [1.29, 1.82) is 5.26 Å². The molecule has 3 aromatic heterocycles. The number of anilines is 2. The first kappa shape index (κ1) is 15.0. The zero-order valence-electron chi connectivity index (χ0n) is 12.8. The number of thiazole rings is 1. The Bertz CT molecular complexity index is 1050. The summed E-state index contributed by atoms with van der Waals surface area (Å²) < 4.78 is 0. The van der Waals surface area contributed by atoms with E-state index in [4.69, 9.17) is 5.26 Å². The van der Waals surface area contributed by atoms with Gasteiger partial charge in [0, 0.05) is 35.1 Å². The molecule has 0 aliphatic carbocycles. The van der Waals surface area contributed by atoms with E-state index >= 15 is 0 Å². The highest BCUT2D eigenvalue weighted by atomic mass is 32.1. The van der Waals surface area contributed by atoms with Crippen molar-refractivity contribution < 1.29 is 0 Å². The molecule has 0 aliphatic heterocycles. The molecule has 4 aromatic rings. The molecule has 0 atom stereocenters. The van der Waals surface area contributed by atoms with E-state index in [9.17, 15) is 0 Å². The Morgan fingerprint density at radius 3 is 2.88 bits per heavy atom. The Labute approximate surface area is 147 Å². The third kappa shape index (κ3) is 3.08. The van der Waals surface area contributed by atoms with Gasteiger partial charge in [-0.15, -0.1) is 11.3 Å². The van der Waals surface area contributed by atoms with E-state index < -0.39 is 0 Å². The highest BCUT2D eigenvalue weighted by Gasteiger charge is 2.14. The maximum atomic E-state index is 9.08. The lowest BCUT2D eigenvalue weighted by molar-refractivity contribution is 1.10. The molecular formula is C17H11N7S. The second kappa shape index (κ2) is 6.51. The van der Waals surface area contributed by atoms with Crippen LogP contribution >= 0.6 is 11.3 Å². The van der Waals surface area contributed by atoms with Crippen molar-refractivity contribution in [3.8, 4) is 28.6 Å². The summed E-state index contributed by atoms with van der Waals surface area (Å²) in [7, 11) is 0. The van der Waals surface area contributed by atoms with E-state index in [2.05, 4.69) is 36.5 Å². The molecule has 0 unspecified atom stereocenters. The highest BCUT2D eigenvalue weighted by Crippen LogP contribution is 2.32. The number of hydrogen-bond acceptors (Lipinski definition) is 7. The maximum Gasteiger partial charge on any atom is 0.228 e. The Morgan fingerprint density at radius 1 is 1.16 bits per heavy atom. The van der Waals surface area contributed by atoms with Gasteiger partial charge in [0.25, 0.3) is 0 Å². The molecule has 2 N–H and O–H groups in total. The fourth-order valence-corrected chi connectivity index (χ4v) is 3.06. The first-order valence-electron chi connectivity index (χ1n) is 7.38. The topological polar surface area (TPSA) is 103 Å². The Kier molecular flexibility index (Phi) is 3.90. The van der Waals surface area contributed by atoms with E-state index in [1.165, 1.54) is 11.3 Å². The normalized spacial score (nSPS) is 10.4. The van der Waals surface area contributed by atoms with Crippen LogP contribution < -0.4 is 5.32 Å². The maximum absolute atomic E-state index is 9.08. The molecule has 25 heavy (non-hydrogen) atoms. The quantitative estimate of drug-likeness (QED) is 0.586. The van der Waals surface area contributed by atoms with Gasteiger partial charge in [-0.1, -0.05) is 12.1 Å². The number of aromatic amines is 1. The van der Waals surface area contributed by atoms with Crippen molar-refractivity contribution in [3.63, 3.8) is 0 Å². The van der Waals surface area contributed by atoms with Crippen LogP contribution in [0.2, 0.25) is 0 Å². The molecule has 0 radical (unpaired) electrons. The van der Waals surface area contributed by atoms with E-state index in [1.807, 2.05) is 23.6 Å². The standard InChI is InChI=1S/C17H11N7S/c18-8-11-3-1-4-12(7-11)15-13(9-21-24-15)14-10-25-17(22-14)23-16-19-5-2-6-20-16/h1-7,9-10H,(H,21,24)(H,19,20,22,23). The predicted molar refractivity (Wildman–Crippen MR) is 95.2 cm³/mol. The number of aromatic nitrogens is 5. The molecule has 0 saturated carbocycles. The van der Waals surface area contributed by atoms with Gasteiger partial charge in [-0.25, -0.2) is 15.0 Å². The summed E-state index contributed by atoms with van der Waals surface area (Å²) in [5.41, 5.74) is 3.87. The summed E-state index contributed by atoms with van der Waals surface area (Å²) in [5, 5.41) is 22.0. The zero-order chi connectivity index (χ0) is 17.1. The molecule has 0 fully saturated rings. The number of benzene rings is 1. The van der Waals surface area contributed by atoms with Crippen LogP contribution in [0.1, 0.15) is 5.56 Å². The van der Waals surface area contributed by atoms with Crippen molar-refractivity contribution in [2.24, 2.45) is 0 Å². The molecule has 120 valence electrons. The molecule has 0 aliphatic rings. The fraction of sp³-hybridized carbons (Fsp3) is 0. The first-order chi connectivity index (χ1) is 12.3. The van der Waals surface area contributed by atoms with Gasteiger partial charge in [-0.3, -0.25) is 5.10 Å². The summed E-state index contributed by atoms with van der Waals surface area (Å²) in [5.74, 6) is 0.498. The van der Waals surface area contributed by atoms with Gasteiger partial charge < -0.3 is 5.32 Å². The Hall–Kier alpha value is -3.57. The van der Waals surface area contributed by atoms with Crippen LogP contribution in [0.4, 0.5) is 11.1 Å². The zero-order valence-corrected chi connectivity index (χ0v) is 13.7. The molecule has 0 bridgehead atoms. The molecule has 7 nitrogen and oxygen atoms in total. The van der Waals surface area contributed by atoms with Gasteiger partial charge in [-0.2, -0.15) is 10.4 Å². The van der Waals surface area contributed by atoms with Crippen molar-refractivity contribution in [2.45, 2.75) is 0 Å². The summed E-state index contributed by atoms with van der Waals surface area (Å²) >= 11 is 1.46. The summed E-state index contributed by atoms with van der Waals surface area (Å²) in [6.45, 7) is 0. The predicted octanol–water partition coefficient (Wildman–Crippen LogP) is 3.61. The number of nitrogens with zero attached hydrogens (tertiary/aromatic N) is 5. The third-order valence-electron chi connectivity index (χ3n) is 3.47. The number of hydrogen-bond donors (Lipinski definition) is 2. The molecule has 1 aromatic carbocycles. The number of rotatable bonds is 4. The molecule has 0 amide bonds. The average Bonchev–Trinajstić information content (AvgIpc) is 3.32. The molecule has 8 heteroatoms. The second-order valence-electron chi connectivity index (χ2n) is 5.08. The molecular weight excluding hydrogens is 334 g/mol. The second-order valence-corrected chi connectivity index (χ2v) is 5.93. The largest absolute Gasteiger partial charge is 0.300 e. The van der Waals surface area contributed by atoms with Crippen molar-refractivity contribution in [1.82, 2.24) is 25.1 Å². The van der Waals surface area contributed by atoms with Crippen LogP contribution in [-0.4, -0.2) is 25.1 Å². The third-order valence-corrected chi connectivity index (χ3v) is 4.23. The summed E-state index contributed by atoms with van der Waals surface area (Å²) in [4.78, 5) is 12.8. The lowest BCUT2D eigenvalue weighted by Gasteiger charge is -2.01. The van der Waals surface area contributed by atoms with Crippen LogP contribution in [0, 0.1) is 11.3 Å². The summed E-state index contributed by atoms with van der Waals surface area (Å²) in [6.07, 6.45) is 5.13. The van der Waals surface area contributed by atoms with Crippen LogP contribution in [0.15, 0.2) is 54.3 Å². The first-order valence-corrected chi connectivity index (χ1v) is 8.26. The van der Waals surface area contributed by atoms with Gasteiger partial charge in [0.15, 0.2) is 5.13 Å². The van der Waals surface area contributed by atoms with Gasteiger partial charge in [0.1, 0.15) is 5.69 Å². The van der Waals surface area contributed by atoms with E-state index in [0.29, 0.717) is 16.6 Å². The monoisotopic (exact) mass is 345 g/mol. The van der Waals surface area contributed by atoms with Gasteiger partial charge in [-0.05, 0) is 18.2 Å². The molecule has 0 saturated heterocycles. The minimum Gasteiger partial charge on any atom is -0.300 e. The molecule has 4 rings (SSSR count). The van der Waals surface area contributed by atoms with Crippen LogP contribution in [-0.2, 0) is 0 Å². The van der Waals surface area contributed by atoms with E-state index in [0.717, 1.165) is 22.5 Å². The molecule has 3 heterocycles. The van der Waals surface area contributed by atoms with Crippen LogP contribution in [0.3, 0.4) is 0 Å².